The highest BCUT2D eigenvalue weighted by molar-refractivity contribution is 5.80. The van der Waals surface area contributed by atoms with Gasteiger partial charge in [-0.1, -0.05) is 26.7 Å². The number of likely N-dealkylation sites (tertiary alicyclic amines) is 2. The van der Waals surface area contributed by atoms with Crippen molar-refractivity contribution in [2.45, 2.75) is 46.0 Å². The Balaban J connectivity index is 2.04. The number of carboxylic acids is 1. The smallest absolute Gasteiger partial charge is 0.320 e. The first-order chi connectivity index (χ1) is 9.47. The topological polar surface area (TPSA) is 60.9 Å². The van der Waals surface area contributed by atoms with Crippen molar-refractivity contribution in [3.8, 4) is 0 Å². The lowest BCUT2D eigenvalue weighted by atomic mass is 9.76. The molecule has 0 aromatic rings. The molecule has 5 nitrogen and oxygen atoms in total. The predicted molar refractivity (Wildman–Crippen MR) is 76.5 cm³/mol. The quantitative estimate of drug-likeness (QED) is 0.846. The Kier molecular flexibility index (Phi) is 4.55. The lowest BCUT2D eigenvalue weighted by Crippen LogP contribution is -2.45. The maximum absolute atomic E-state index is 12.5. The Hall–Kier alpha value is -1.26. The molecule has 0 aromatic carbocycles. The van der Waals surface area contributed by atoms with Gasteiger partial charge in [-0.25, -0.2) is 4.79 Å². The molecule has 0 saturated carbocycles. The molecule has 2 fully saturated rings. The molecule has 0 spiro atoms. The minimum atomic E-state index is -0.765. The van der Waals surface area contributed by atoms with Gasteiger partial charge in [-0.05, 0) is 25.2 Å². The van der Waals surface area contributed by atoms with E-state index in [0.29, 0.717) is 19.5 Å². The summed E-state index contributed by atoms with van der Waals surface area (Å²) >= 11 is 0. The maximum Gasteiger partial charge on any atom is 0.320 e. The van der Waals surface area contributed by atoms with Crippen LogP contribution in [0.15, 0.2) is 0 Å². The summed E-state index contributed by atoms with van der Waals surface area (Å²) in [5.41, 5.74) is -0.762. The van der Waals surface area contributed by atoms with Crippen LogP contribution in [0.5, 0.6) is 0 Å². The summed E-state index contributed by atoms with van der Waals surface area (Å²) in [6.45, 7) is 6.44. The molecule has 0 aliphatic carbocycles. The average Bonchev–Trinajstić information content (AvgIpc) is 2.69. The normalized spacial score (nSPS) is 27.8. The summed E-state index contributed by atoms with van der Waals surface area (Å²) in [6, 6.07) is 0.0377. The van der Waals surface area contributed by atoms with Crippen molar-refractivity contribution in [1.82, 2.24) is 9.80 Å². The van der Waals surface area contributed by atoms with E-state index in [1.165, 1.54) is 12.8 Å². The third-order valence-corrected chi connectivity index (χ3v) is 4.98. The number of carboxylic acid groups (broad SMARTS) is 1. The van der Waals surface area contributed by atoms with Gasteiger partial charge in [0.1, 0.15) is 0 Å². The van der Waals surface area contributed by atoms with E-state index in [2.05, 4.69) is 0 Å². The summed E-state index contributed by atoms with van der Waals surface area (Å²) in [5.74, 6) is -0.722. The highest BCUT2D eigenvalue weighted by Crippen LogP contribution is 2.38. The van der Waals surface area contributed by atoms with E-state index < -0.39 is 11.4 Å². The van der Waals surface area contributed by atoms with Gasteiger partial charge in [0.2, 0.25) is 0 Å². The van der Waals surface area contributed by atoms with Crippen LogP contribution in [0.2, 0.25) is 0 Å². The number of urea groups is 1. The predicted octanol–water partition coefficient (Wildman–Crippen LogP) is 2.42. The summed E-state index contributed by atoms with van der Waals surface area (Å²) in [4.78, 5) is 27.8. The first-order valence-corrected chi connectivity index (χ1v) is 7.74. The zero-order chi connectivity index (χ0) is 14.8. The number of rotatable bonds is 2. The molecule has 1 atom stereocenters. The van der Waals surface area contributed by atoms with Crippen LogP contribution in [0.25, 0.3) is 0 Å². The Morgan fingerprint density at radius 2 is 1.60 bits per heavy atom. The standard InChI is InChI=1S/C15H26N2O3/c1-12(2)15(13(18)19)7-10-17(11-15)14(20)16-8-5-3-4-6-9-16/h12H,3-11H2,1-2H3,(H,18,19). The number of carbonyl (C=O) groups is 2. The molecular weight excluding hydrogens is 256 g/mol. The molecule has 0 aromatic heterocycles. The minimum absolute atomic E-state index is 0.0377. The molecule has 2 aliphatic rings. The lowest BCUT2D eigenvalue weighted by Gasteiger charge is -2.31. The molecule has 2 saturated heterocycles. The fourth-order valence-electron chi connectivity index (χ4n) is 3.35. The molecule has 20 heavy (non-hydrogen) atoms. The molecule has 0 radical (unpaired) electrons. The number of nitrogens with zero attached hydrogens (tertiary/aromatic N) is 2. The van der Waals surface area contributed by atoms with Crippen molar-refractivity contribution < 1.29 is 14.7 Å². The van der Waals surface area contributed by atoms with Crippen molar-refractivity contribution in [3.05, 3.63) is 0 Å². The Labute approximate surface area is 120 Å². The molecule has 0 bridgehead atoms. The molecule has 114 valence electrons. The van der Waals surface area contributed by atoms with E-state index in [0.717, 1.165) is 25.9 Å². The second kappa shape index (κ2) is 6.02. The third kappa shape index (κ3) is 2.76. The summed E-state index contributed by atoms with van der Waals surface area (Å²) in [7, 11) is 0. The SMILES string of the molecule is CC(C)C1(C(=O)O)CCN(C(=O)N2CCCCCC2)C1. The molecule has 1 N–H and O–H groups in total. The van der Waals surface area contributed by atoms with E-state index in [4.69, 9.17) is 0 Å². The van der Waals surface area contributed by atoms with Crippen LogP contribution in [-0.2, 0) is 4.79 Å². The van der Waals surface area contributed by atoms with E-state index in [1.807, 2.05) is 18.7 Å². The number of hydrogen-bond acceptors (Lipinski definition) is 2. The summed E-state index contributed by atoms with van der Waals surface area (Å²) in [5, 5.41) is 9.54. The number of hydrogen-bond donors (Lipinski definition) is 1. The van der Waals surface area contributed by atoms with E-state index >= 15 is 0 Å². The first-order valence-electron chi connectivity index (χ1n) is 7.74. The lowest BCUT2D eigenvalue weighted by molar-refractivity contribution is -0.150. The largest absolute Gasteiger partial charge is 0.481 e. The molecule has 2 amide bonds. The van der Waals surface area contributed by atoms with Gasteiger partial charge < -0.3 is 14.9 Å². The summed E-state index contributed by atoms with van der Waals surface area (Å²) < 4.78 is 0. The van der Waals surface area contributed by atoms with Gasteiger partial charge >= 0.3 is 12.0 Å². The van der Waals surface area contributed by atoms with Crippen LogP contribution in [0.3, 0.4) is 0 Å². The highest BCUT2D eigenvalue weighted by atomic mass is 16.4. The molecular formula is C15H26N2O3. The van der Waals surface area contributed by atoms with Crippen LogP contribution < -0.4 is 0 Å². The van der Waals surface area contributed by atoms with E-state index in [9.17, 15) is 14.7 Å². The zero-order valence-electron chi connectivity index (χ0n) is 12.6. The molecule has 1 unspecified atom stereocenters. The van der Waals surface area contributed by atoms with Crippen LogP contribution in [0.4, 0.5) is 4.79 Å². The van der Waals surface area contributed by atoms with E-state index in [-0.39, 0.29) is 11.9 Å². The van der Waals surface area contributed by atoms with Crippen LogP contribution in [-0.4, -0.2) is 53.1 Å². The van der Waals surface area contributed by atoms with Crippen LogP contribution in [0, 0.1) is 11.3 Å². The van der Waals surface area contributed by atoms with Gasteiger partial charge in [0, 0.05) is 26.2 Å². The third-order valence-electron chi connectivity index (χ3n) is 4.98. The molecule has 2 heterocycles. The molecule has 5 heteroatoms. The van der Waals surface area contributed by atoms with Gasteiger partial charge in [-0.2, -0.15) is 0 Å². The van der Waals surface area contributed by atoms with Gasteiger partial charge in [0.05, 0.1) is 5.41 Å². The van der Waals surface area contributed by atoms with Crippen molar-refractivity contribution in [2.24, 2.45) is 11.3 Å². The van der Waals surface area contributed by atoms with Crippen molar-refractivity contribution in [1.29, 1.82) is 0 Å². The van der Waals surface area contributed by atoms with Gasteiger partial charge in [-0.15, -0.1) is 0 Å². The second-order valence-electron chi connectivity index (χ2n) is 6.47. The monoisotopic (exact) mass is 282 g/mol. The fourth-order valence-corrected chi connectivity index (χ4v) is 3.35. The van der Waals surface area contributed by atoms with Crippen molar-refractivity contribution in [2.75, 3.05) is 26.2 Å². The maximum atomic E-state index is 12.5. The Morgan fingerprint density at radius 1 is 1.00 bits per heavy atom. The zero-order valence-corrected chi connectivity index (χ0v) is 12.6. The molecule has 2 aliphatic heterocycles. The number of aliphatic carboxylic acids is 1. The molecule has 2 rings (SSSR count). The van der Waals surface area contributed by atoms with E-state index in [1.54, 1.807) is 4.90 Å². The number of amides is 2. The second-order valence-corrected chi connectivity index (χ2v) is 6.47. The van der Waals surface area contributed by atoms with Gasteiger partial charge in [0.25, 0.3) is 0 Å². The Bertz CT molecular complexity index is 375. The first kappa shape index (κ1) is 15.1. The van der Waals surface area contributed by atoms with Gasteiger partial charge in [0.15, 0.2) is 0 Å². The average molecular weight is 282 g/mol. The minimum Gasteiger partial charge on any atom is -0.481 e. The van der Waals surface area contributed by atoms with Crippen LogP contribution >= 0.6 is 0 Å². The van der Waals surface area contributed by atoms with Gasteiger partial charge in [-0.3, -0.25) is 4.79 Å². The highest BCUT2D eigenvalue weighted by Gasteiger charge is 2.49. The fraction of sp³-hybridized carbons (Fsp3) is 0.867. The Morgan fingerprint density at radius 3 is 2.05 bits per heavy atom. The number of carbonyl (C=O) groups excluding carboxylic acids is 1. The van der Waals surface area contributed by atoms with Crippen molar-refractivity contribution >= 4 is 12.0 Å². The van der Waals surface area contributed by atoms with Crippen LogP contribution in [0.1, 0.15) is 46.0 Å². The van der Waals surface area contributed by atoms with Crippen molar-refractivity contribution in [3.63, 3.8) is 0 Å². The summed E-state index contributed by atoms with van der Waals surface area (Å²) in [6.07, 6.45) is 5.07.